The Morgan fingerprint density at radius 1 is 0.615 bits per heavy atom. The van der Waals surface area contributed by atoms with Crippen LogP contribution >= 0.6 is 0 Å². The van der Waals surface area contributed by atoms with Crippen LogP contribution in [0.3, 0.4) is 0 Å². The fourth-order valence-electron chi connectivity index (χ4n) is 3.13. The molecule has 2 heteroatoms. The summed E-state index contributed by atoms with van der Waals surface area (Å²) in [6, 6.07) is 0. The van der Waals surface area contributed by atoms with Crippen molar-refractivity contribution in [2.75, 3.05) is 6.61 Å². The van der Waals surface area contributed by atoms with E-state index in [4.69, 9.17) is 4.74 Å². The number of rotatable bonds is 20. The van der Waals surface area contributed by atoms with Crippen molar-refractivity contribution < 1.29 is 9.53 Å². The summed E-state index contributed by atoms with van der Waals surface area (Å²) in [5, 5.41) is 0. The van der Waals surface area contributed by atoms with Crippen LogP contribution in [0.15, 0.2) is 12.2 Å². The van der Waals surface area contributed by atoms with Crippen molar-refractivity contribution in [2.24, 2.45) is 0 Å². The first-order valence-corrected chi connectivity index (χ1v) is 11.6. The molecule has 0 atom stereocenters. The Bertz CT molecular complexity index is 309. The number of carbonyl (C=O) groups is 1. The minimum atomic E-state index is -0.000809. The van der Waals surface area contributed by atoms with Crippen molar-refractivity contribution in [3.8, 4) is 0 Å². The molecule has 0 aromatic rings. The summed E-state index contributed by atoms with van der Waals surface area (Å²) in [7, 11) is 0. The smallest absolute Gasteiger partial charge is 0.305 e. The summed E-state index contributed by atoms with van der Waals surface area (Å²) in [6.07, 6.45) is 26.8. The van der Waals surface area contributed by atoms with Crippen molar-refractivity contribution in [2.45, 2.75) is 129 Å². The predicted octanol–water partition coefficient (Wildman–Crippen LogP) is 8.15. The minimum Gasteiger partial charge on any atom is -0.466 e. The second-order valence-electron chi connectivity index (χ2n) is 7.62. The third-order valence-electron chi connectivity index (χ3n) is 4.90. The molecule has 0 amide bonds. The Labute approximate surface area is 164 Å². The molecule has 2 nitrogen and oxygen atoms in total. The standard InChI is InChI=1S/C24H46O2/c1-3-5-7-9-10-11-12-13-14-15-16-17-18-19-20-22-24(25)26-23-21-8-6-4-2/h13-14H,3-12,15-23H2,1-2H3/b14-13+. The Hall–Kier alpha value is -0.790. The quantitative estimate of drug-likeness (QED) is 0.123. The van der Waals surface area contributed by atoms with Gasteiger partial charge in [0.05, 0.1) is 6.61 Å². The molecule has 0 aliphatic carbocycles. The number of ether oxygens (including phenoxy) is 1. The van der Waals surface area contributed by atoms with Crippen molar-refractivity contribution in [1.82, 2.24) is 0 Å². The van der Waals surface area contributed by atoms with Crippen LogP contribution in [0.4, 0.5) is 0 Å². The lowest BCUT2D eigenvalue weighted by Crippen LogP contribution is -2.05. The average Bonchev–Trinajstić information content (AvgIpc) is 2.64. The lowest BCUT2D eigenvalue weighted by Gasteiger charge is -2.04. The number of allylic oxidation sites excluding steroid dienone is 2. The van der Waals surface area contributed by atoms with Gasteiger partial charge in [-0.25, -0.2) is 0 Å². The van der Waals surface area contributed by atoms with E-state index >= 15 is 0 Å². The van der Waals surface area contributed by atoms with Crippen LogP contribution in [0.2, 0.25) is 0 Å². The third kappa shape index (κ3) is 21.3. The molecule has 0 aliphatic rings. The Morgan fingerprint density at radius 2 is 1.08 bits per heavy atom. The van der Waals surface area contributed by atoms with Gasteiger partial charge in [0.2, 0.25) is 0 Å². The lowest BCUT2D eigenvalue weighted by molar-refractivity contribution is -0.143. The van der Waals surface area contributed by atoms with E-state index in [9.17, 15) is 4.79 Å². The molecule has 0 N–H and O–H groups in total. The van der Waals surface area contributed by atoms with E-state index in [0.29, 0.717) is 13.0 Å². The molecule has 0 spiro atoms. The molecule has 0 saturated carbocycles. The zero-order chi connectivity index (χ0) is 19.1. The molecule has 0 unspecified atom stereocenters. The van der Waals surface area contributed by atoms with Crippen LogP contribution in [0.1, 0.15) is 129 Å². The Morgan fingerprint density at radius 3 is 1.65 bits per heavy atom. The lowest BCUT2D eigenvalue weighted by atomic mass is 10.1. The molecular weight excluding hydrogens is 320 g/mol. The molecule has 154 valence electrons. The molecular formula is C24H46O2. The topological polar surface area (TPSA) is 26.3 Å². The maximum Gasteiger partial charge on any atom is 0.305 e. The van der Waals surface area contributed by atoms with Gasteiger partial charge in [0.15, 0.2) is 0 Å². The van der Waals surface area contributed by atoms with E-state index in [1.807, 2.05) is 0 Å². The van der Waals surface area contributed by atoms with E-state index in [1.54, 1.807) is 0 Å². The van der Waals surface area contributed by atoms with Crippen LogP contribution in [0, 0.1) is 0 Å². The van der Waals surface area contributed by atoms with Gasteiger partial charge >= 0.3 is 5.97 Å². The Balaban J connectivity index is 3.18. The van der Waals surface area contributed by atoms with Crippen LogP contribution in [0.25, 0.3) is 0 Å². The zero-order valence-electron chi connectivity index (χ0n) is 17.9. The summed E-state index contributed by atoms with van der Waals surface area (Å²) >= 11 is 0. The van der Waals surface area contributed by atoms with E-state index in [1.165, 1.54) is 89.9 Å². The molecule has 0 radical (unpaired) electrons. The highest BCUT2D eigenvalue weighted by molar-refractivity contribution is 5.69. The van der Waals surface area contributed by atoms with Crippen LogP contribution < -0.4 is 0 Å². The molecule has 0 aliphatic heterocycles. The number of esters is 1. The summed E-state index contributed by atoms with van der Waals surface area (Å²) in [5.41, 5.74) is 0. The summed E-state index contributed by atoms with van der Waals surface area (Å²) < 4.78 is 5.26. The van der Waals surface area contributed by atoms with Gasteiger partial charge in [0, 0.05) is 6.42 Å². The van der Waals surface area contributed by atoms with Gasteiger partial charge < -0.3 is 4.74 Å². The third-order valence-corrected chi connectivity index (χ3v) is 4.90. The number of hydrogen-bond acceptors (Lipinski definition) is 2. The van der Waals surface area contributed by atoms with Crippen molar-refractivity contribution in [1.29, 1.82) is 0 Å². The van der Waals surface area contributed by atoms with Crippen molar-refractivity contribution in [3.05, 3.63) is 12.2 Å². The molecule has 26 heavy (non-hydrogen) atoms. The maximum atomic E-state index is 11.6. The first-order chi connectivity index (χ1) is 12.8. The minimum absolute atomic E-state index is 0.000809. The monoisotopic (exact) mass is 366 g/mol. The fourth-order valence-corrected chi connectivity index (χ4v) is 3.13. The van der Waals surface area contributed by atoms with Crippen LogP contribution in [-0.4, -0.2) is 12.6 Å². The van der Waals surface area contributed by atoms with Crippen molar-refractivity contribution in [3.63, 3.8) is 0 Å². The van der Waals surface area contributed by atoms with E-state index in [-0.39, 0.29) is 5.97 Å². The van der Waals surface area contributed by atoms with Gasteiger partial charge in [0.1, 0.15) is 0 Å². The Kier molecular flexibility index (Phi) is 21.6. The SMILES string of the molecule is CCCCCCCC/C=C/CCCCCCCC(=O)OCCCCCC. The van der Waals surface area contributed by atoms with E-state index in [0.717, 1.165) is 19.3 Å². The summed E-state index contributed by atoms with van der Waals surface area (Å²) in [4.78, 5) is 11.6. The second kappa shape index (κ2) is 22.3. The molecule has 0 rings (SSSR count). The van der Waals surface area contributed by atoms with E-state index in [2.05, 4.69) is 26.0 Å². The highest BCUT2D eigenvalue weighted by atomic mass is 16.5. The second-order valence-corrected chi connectivity index (χ2v) is 7.62. The van der Waals surface area contributed by atoms with Crippen molar-refractivity contribution >= 4 is 5.97 Å². The number of unbranched alkanes of at least 4 members (excludes halogenated alkanes) is 14. The highest BCUT2D eigenvalue weighted by Crippen LogP contribution is 2.10. The molecule has 0 aromatic heterocycles. The number of carbonyl (C=O) groups excluding carboxylic acids is 1. The molecule has 0 heterocycles. The van der Waals surface area contributed by atoms with Gasteiger partial charge in [-0.1, -0.05) is 96.6 Å². The van der Waals surface area contributed by atoms with Gasteiger partial charge in [-0.05, 0) is 38.5 Å². The molecule has 0 aromatic carbocycles. The maximum absolute atomic E-state index is 11.6. The fraction of sp³-hybridized carbons (Fsp3) is 0.875. The molecule has 0 bridgehead atoms. The number of hydrogen-bond donors (Lipinski definition) is 0. The largest absolute Gasteiger partial charge is 0.466 e. The van der Waals surface area contributed by atoms with Gasteiger partial charge in [-0.2, -0.15) is 0 Å². The van der Waals surface area contributed by atoms with Gasteiger partial charge in [0.25, 0.3) is 0 Å². The average molecular weight is 367 g/mol. The first kappa shape index (κ1) is 25.2. The molecule has 0 saturated heterocycles. The highest BCUT2D eigenvalue weighted by Gasteiger charge is 2.02. The van der Waals surface area contributed by atoms with Gasteiger partial charge in [-0.15, -0.1) is 0 Å². The summed E-state index contributed by atoms with van der Waals surface area (Å²) in [6.45, 7) is 5.08. The summed E-state index contributed by atoms with van der Waals surface area (Å²) in [5.74, 6) is -0.000809. The first-order valence-electron chi connectivity index (χ1n) is 11.6. The molecule has 0 fully saturated rings. The van der Waals surface area contributed by atoms with Crippen LogP contribution in [0.5, 0.6) is 0 Å². The van der Waals surface area contributed by atoms with Gasteiger partial charge in [-0.3, -0.25) is 4.79 Å². The normalized spacial score (nSPS) is 11.3. The zero-order valence-corrected chi connectivity index (χ0v) is 17.9. The predicted molar refractivity (Wildman–Crippen MR) is 115 cm³/mol. The van der Waals surface area contributed by atoms with E-state index < -0.39 is 0 Å². The van der Waals surface area contributed by atoms with Crippen LogP contribution in [-0.2, 0) is 9.53 Å².